The normalized spacial score (nSPS) is 13.0. The molecular weight excluding hydrogens is 276 g/mol. The summed E-state index contributed by atoms with van der Waals surface area (Å²) in [5.74, 6) is -0.134. The molecule has 0 bridgehead atoms. The smallest absolute Gasteiger partial charge is 0.305 e. The first kappa shape index (κ1) is 20.9. The first-order valence-electron chi connectivity index (χ1n) is 8.77. The van der Waals surface area contributed by atoms with Gasteiger partial charge < -0.3 is 9.84 Å². The Morgan fingerprint density at radius 1 is 1.05 bits per heavy atom. The summed E-state index contributed by atoms with van der Waals surface area (Å²) in [5, 5.41) is 9.82. The summed E-state index contributed by atoms with van der Waals surface area (Å²) in [5.41, 5.74) is 0. The molecule has 0 rings (SSSR count). The van der Waals surface area contributed by atoms with E-state index in [2.05, 4.69) is 23.8 Å². The van der Waals surface area contributed by atoms with Crippen LogP contribution >= 0.6 is 0 Å². The van der Waals surface area contributed by atoms with Crippen molar-refractivity contribution in [3.8, 4) is 0 Å². The number of ether oxygens (including phenoxy) is 1. The highest BCUT2D eigenvalue weighted by molar-refractivity contribution is 5.68. The molecular formula is C19H34O3. The van der Waals surface area contributed by atoms with Crippen LogP contribution in [0.2, 0.25) is 0 Å². The fraction of sp³-hybridized carbons (Fsp3) is 0.737. The third-order valence-electron chi connectivity index (χ3n) is 3.63. The predicted molar refractivity (Wildman–Crippen MR) is 92.8 cm³/mol. The van der Waals surface area contributed by atoms with Gasteiger partial charge in [-0.3, -0.25) is 4.79 Å². The second-order valence-electron chi connectivity index (χ2n) is 5.73. The lowest BCUT2D eigenvalue weighted by Gasteiger charge is -2.05. The van der Waals surface area contributed by atoms with Crippen LogP contribution in [0.5, 0.6) is 0 Å². The van der Waals surface area contributed by atoms with Gasteiger partial charge in [0, 0.05) is 6.42 Å². The van der Waals surface area contributed by atoms with Crippen LogP contribution in [0, 0.1) is 0 Å². The van der Waals surface area contributed by atoms with E-state index in [1.807, 2.05) is 12.2 Å². The lowest BCUT2D eigenvalue weighted by atomic mass is 10.1. The van der Waals surface area contributed by atoms with Crippen molar-refractivity contribution in [2.75, 3.05) is 7.11 Å². The zero-order valence-electron chi connectivity index (χ0n) is 14.4. The Morgan fingerprint density at radius 3 is 2.55 bits per heavy atom. The quantitative estimate of drug-likeness (QED) is 0.281. The summed E-state index contributed by atoms with van der Waals surface area (Å²) < 4.78 is 4.59. The maximum Gasteiger partial charge on any atom is 0.305 e. The second kappa shape index (κ2) is 16.3. The molecule has 3 heteroatoms. The van der Waals surface area contributed by atoms with E-state index >= 15 is 0 Å². The van der Waals surface area contributed by atoms with E-state index in [1.165, 1.54) is 26.4 Å². The van der Waals surface area contributed by atoms with E-state index < -0.39 is 0 Å². The maximum absolute atomic E-state index is 10.9. The average Bonchev–Trinajstić information content (AvgIpc) is 2.52. The molecule has 1 atom stereocenters. The summed E-state index contributed by atoms with van der Waals surface area (Å²) in [4.78, 5) is 10.9. The Morgan fingerprint density at radius 2 is 1.82 bits per heavy atom. The van der Waals surface area contributed by atoms with Crippen molar-refractivity contribution in [1.29, 1.82) is 0 Å². The molecule has 0 radical (unpaired) electrons. The molecule has 0 aliphatic heterocycles. The standard InChI is InChI=1S/C19H34O3/c1-3-4-5-6-7-8-9-12-15-18(20)16-13-10-11-14-17-19(21)22-2/h7-8,12,15,18,20H,3-6,9-11,13-14,16-17H2,1-2H3/b8-7-,15-12-/t18-/m0/s1. The molecule has 0 heterocycles. The Labute approximate surface area is 136 Å². The number of rotatable bonds is 14. The number of unbranched alkanes of at least 4 members (excludes halogenated alkanes) is 6. The number of hydrogen-bond acceptors (Lipinski definition) is 3. The van der Waals surface area contributed by atoms with Crippen molar-refractivity contribution < 1.29 is 14.6 Å². The van der Waals surface area contributed by atoms with E-state index in [9.17, 15) is 9.90 Å². The molecule has 22 heavy (non-hydrogen) atoms. The van der Waals surface area contributed by atoms with Gasteiger partial charge in [-0.05, 0) is 32.1 Å². The van der Waals surface area contributed by atoms with E-state index in [0.29, 0.717) is 6.42 Å². The second-order valence-corrected chi connectivity index (χ2v) is 5.73. The zero-order chi connectivity index (χ0) is 16.5. The number of hydrogen-bond donors (Lipinski definition) is 1. The SMILES string of the molecule is CCCCC/C=C\C/C=C\[C@H](O)CCCCCCC(=O)OC. The number of carbonyl (C=O) groups excluding carboxylic acids is 1. The average molecular weight is 310 g/mol. The van der Waals surface area contributed by atoms with Gasteiger partial charge in [0.05, 0.1) is 13.2 Å². The molecule has 0 unspecified atom stereocenters. The van der Waals surface area contributed by atoms with E-state index in [4.69, 9.17) is 0 Å². The van der Waals surface area contributed by atoms with Gasteiger partial charge in [-0.15, -0.1) is 0 Å². The molecule has 128 valence electrons. The summed E-state index contributed by atoms with van der Waals surface area (Å²) in [7, 11) is 1.42. The highest BCUT2D eigenvalue weighted by Gasteiger charge is 2.01. The Kier molecular flexibility index (Phi) is 15.5. The number of allylic oxidation sites excluding steroid dienone is 3. The van der Waals surface area contributed by atoms with Crippen LogP contribution in [0.15, 0.2) is 24.3 Å². The monoisotopic (exact) mass is 310 g/mol. The molecule has 0 saturated heterocycles. The highest BCUT2D eigenvalue weighted by Crippen LogP contribution is 2.09. The van der Waals surface area contributed by atoms with Gasteiger partial charge in [0.15, 0.2) is 0 Å². The molecule has 0 aromatic rings. The van der Waals surface area contributed by atoms with Crippen LogP contribution in [-0.2, 0) is 9.53 Å². The lowest BCUT2D eigenvalue weighted by molar-refractivity contribution is -0.140. The van der Waals surface area contributed by atoms with Gasteiger partial charge >= 0.3 is 5.97 Å². The van der Waals surface area contributed by atoms with E-state index in [0.717, 1.165) is 44.9 Å². The number of carbonyl (C=O) groups is 1. The first-order chi connectivity index (χ1) is 10.7. The highest BCUT2D eigenvalue weighted by atomic mass is 16.5. The van der Waals surface area contributed by atoms with Gasteiger partial charge in [-0.1, -0.05) is 63.3 Å². The van der Waals surface area contributed by atoms with Crippen LogP contribution in [0.3, 0.4) is 0 Å². The van der Waals surface area contributed by atoms with Crippen LogP contribution in [0.1, 0.15) is 77.6 Å². The Balaban J connectivity index is 3.43. The fourth-order valence-corrected chi connectivity index (χ4v) is 2.22. The third kappa shape index (κ3) is 15.3. The van der Waals surface area contributed by atoms with Crippen LogP contribution in [0.4, 0.5) is 0 Å². The summed E-state index contributed by atoms with van der Waals surface area (Å²) in [6.07, 6.45) is 19.2. The third-order valence-corrected chi connectivity index (χ3v) is 3.63. The number of aliphatic hydroxyl groups excluding tert-OH is 1. The summed E-state index contributed by atoms with van der Waals surface area (Å²) >= 11 is 0. The lowest BCUT2D eigenvalue weighted by Crippen LogP contribution is -2.02. The zero-order valence-corrected chi connectivity index (χ0v) is 14.4. The van der Waals surface area contributed by atoms with Gasteiger partial charge in [0.25, 0.3) is 0 Å². The van der Waals surface area contributed by atoms with Crippen molar-refractivity contribution in [3.05, 3.63) is 24.3 Å². The molecule has 0 aromatic carbocycles. The summed E-state index contributed by atoms with van der Waals surface area (Å²) in [6.45, 7) is 2.22. The molecule has 3 nitrogen and oxygen atoms in total. The van der Waals surface area contributed by atoms with E-state index in [-0.39, 0.29) is 12.1 Å². The van der Waals surface area contributed by atoms with E-state index in [1.54, 1.807) is 0 Å². The minimum Gasteiger partial charge on any atom is -0.469 e. The van der Waals surface area contributed by atoms with Crippen LogP contribution < -0.4 is 0 Å². The van der Waals surface area contributed by atoms with Crippen LogP contribution in [0.25, 0.3) is 0 Å². The molecule has 1 N–H and O–H groups in total. The Hall–Kier alpha value is -1.09. The molecule has 0 aliphatic rings. The fourth-order valence-electron chi connectivity index (χ4n) is 2.22. The van der Waals surface area contributed by atoms with Crippen molar-refractivity contribution in [2.24, 2.45) is 0 Å². The number of aliphatic hydroxyl groups is 1. The van der Waals surface area contributed by atoms with Gasteiger partial charge in [-0.25, -0.2) is 0 Å². The molecule has 0 fully saturated rings. The maximum atomic E-state index is 10.9. The minimum atomic E-state index is -0.339. The van der Waals surface area contributed by atoms with Crippen molar-refractivity contribution in [3.63, 3.8) is 0 Å². The van der Waals surface area contributed by atoms with Gasteiger partial charge in [0.1, 0.15) is 0 Å². The predicted octanol–water partition coefficient (Wildman–Crippen LogP) is 4.94. The Bertz CT molecular complexity index is 308. The first-order valence-corrected chi connectivity index (χ1v) is 8.77. The summed E-state index contributed by atoms with van der Waals surface area (Å²) in [6, 6.07) is 0. The molecule has 0 saturated carbocycles. The van der Waals surface area contributed by atoms with Gasteiger partial charge in [0.2, 0.25) is 0 Å². The molecule has 0 aliphatic carbocycles. The van der Waals surface area contributed by atoms with Crippen molar-refractivity contribution in [2.45, 2.75) is 83.7 Å². The molecule has 0 amide bonds. The van der Waals surface area contributed by atoms with Gasteiger partial charge in [-0.2, -0.15) is 0 Å². The topological polar surface area (TPSA) is 46.5 Å². The minimum absolute atomic E-state index is 0.134. The van der Waals surface area contributed by atoms with Crippen molar-refractivity contribution >= 4 is 5.97 Å². The van der Waals surface area contributed by atoms with Crippen molar-refractivity contribution in [1.82, 2.24) is 0 Å². The molecule has 0 aromatic heterocycles. The number of esters is 1. The van der Waals surface area contributed by atoms with Crippen LogP contribution in [-0.4, -0.2) is 24.3 Å². The molecule has 0 spiro atoms. The largest absolute Gasteiger partial charge is 0.469 e. The number of methoxy groups -OCH3 is 1.